The van der Waals surface area contributed by atoms with Crippen molar-refractivity contribution in [3.63, 3.8) is 0 Å². The molecule has 1 aromatic heterocycles. The van der Waals surface area contributed by atoms with Gasteiger partial charge in [0.2, 0.25) is 5.92 Å². The molecule has 1 aliphatic carbocycles. The lowest BCUT2D eigenvalue weighted by molar-refractivity contribution is -0.0506. The minimum atomic E-state index is -2.59. The van der Waals surface area contributed by atoms with Gasteiger partial charge in [-0.2, -0.15) is 0 Å². The first-order chi connectivity index (χ1) is 7.43. The maximum atomic E-state index is 13.6. The average Bonchev–Trinajstić information content (AvgIpc) is 2.24. The summed E-state index contributed by atoms with van der Waals surface area (Å²) >= 11 is 0. The Balaban J connectivity index is 2.25. The lowest BCUT2D eigenvalue weighted by Gasteiger charge is -2.36. The van der Waals surface area contributed by atoms with Gasteiger partial charge in [0, 0.05) is 24.5 Å². The predicted octanol–water partition coefficient (Wildman–Crippen LogP) is 3.69. The van der Waals surface area contributed by atoms with Crippen LogP contribution in [0.15, 0.2) is 18.3 Å². The van der Waals surface area contributed by atoms with Crippen molar-refractivity contribution in [3.05, 3.63) is 29.8 Å². The molecule has 0 spiro atoms. The molecule has 1 saturated carbocycles. The van der Waals surface area contributed by atoms with Gasteiger partial charge in [0.05, 0.1) is 5.69 Å². The minimum Gasteiger partial charge on any atom is -0.258 e. The smallest absolute Gasteiger partial charge is 0.248 e. The monoisotopic (exact) mass is 229 g/mol. The molecule has 0 aromatic carbocycles. The van der Waals surface area contributed by atoms with E-state index in [2.05, 4.69) is 4.98 Å². The number of pyridine rings is 1. The summed E-state index contributed by atoms with van der Waals surface area (Å²) < 4.78 is 39.7. The van der Waals surface area contributed by atoms with E-state index in [0.29, 0.717) is 5.69 Å². The molecule has 1 aliphatic rings. The van der Waals surface area contributed by atoms with Crippen LogP contribution in [0.5, 0.6) is 0 Å². The normalized spacial score (nSPS) is 23.0. The van der Waals surface area contributed by atoms with E-state index in [9.17, 15) is 13.2 Å². The van der Waals surface area contributed by atoms with E-state index >= 15 is 0 Å². The number of rotatable bonds is 1. The van der Waals surface area contributed by atoms with Gasteiger partial charge in [-0.15, -0.1) is 0 Å². The summed E-state index contributed by atoms with van der Waals surface area (Å²) in [5.41, 5.74) is -0.224. The number of hydrogen-bond donors (Lipinski definition) is 0. The van der Waals surface area contributed by atoms with E-state index in [1.807, 2.05) is 6.92 Å². The Hall–Kier alpha value is -1.06. The highest BCUT2D eigenvalue weighted by atomic mass is 19.3. The van der Waals surface area contributed by atoms with Gasteiger partial charge in [-0.05, 0) is 25.0 Å². The maximum absolute atomic E-state index is 13.6. The molecular formula is C12H14F3N. The third-order valence-electron chi connectivity index (χ3n) is 3.42. The first kappa shape index (κ1) is 11.4. The van der Waals surface area contributed by atoms with Crippen molar-refractivity contribution in [1.29, 1.82) is 0 Å². The number of aromatic nitrogens is 1. The van der Waals surface area contributed by atoms with Crippen molar-refractivity contribution in [2.75, 3.05) is 0 Å². The second-order valence-electron chi connectivity index (χ2n) is 4.75. The molecule has 0 amide bonds. The molecule has 1 fully saturated rings. The van der Waals surface area contributed by atoms with E-state index in [-0.39, 0.29) is 25.7 Å². The van der Waals surface area contributed by atoms with Gasteiger partial charge >= 0.3 is 0 Å². The lowest BCUT2D eigenvalue weighted by atomic mass is 9.72. The highest BCUT2D eigenvalue weighted by Crippen LogP contribution is 2.44. The largest absolute Gasteiger partial charge is 0.258 e. The van der Waals surface area contributed by atoms with E-state index in [0.717, 1.165) is 0 Å². The zero-order valence-electron chi connectivity index (χ0n) is 9.14. The van der Waals surface area contributed by atoms with Crippen LogP contribution in [0.2, 0.25) is 0 Å². The Labute approximate surface area is 92.7 Å². The number of hydrogen-bond acceptors (Lipinski definition) is 1. The van der Waals surface area contributed by atoms with Gasteiger partial charge in [-0.25, -0.2) is 13.2 Å². The van der Waals surface area contributed by atoms with Gasteiger partial charge in [0.15, 0.2) is 0 Å². The van der Waals surface area contributed by atoms with Crippen molar-refractivity contribution >= 4 is 0 Å². The molecule has 1 nitrogen and oxygen atoms in total. The van der Waals surface area contributed by atoms with E-state index in [1.54, 1.807) is 0 Å². The molecule has 16 heavy (non-hydrogen) atoms. The third kappa shape index (κ3) is 2.06. The van der Waals surface area contributed by atoms with Crippen molar-refractivity contribution in [3.8, 4) is 0 Å². The van der Waals surface area contributed by atoms with Crippen molar-refractivity contribution < 1.29 is 13.2 Å². The fourth-order valence-electron chi connectivity index (χ4n) is 2.23. The average molecular weight is 229 g/mol. The molecule has 1 heterocycles. The number of alkyl halides is 2. The van der Waals surface area contributed by atoms with E-state index in [4.69, 9.17) is 0 Å². The Morgan fingerprint density at radius 2 is 1.81 bits per heavy atom. The highest BCUT2D eigenvalue weighted by molar-refractivity contribution is 5.19. The second-order valence-corrected chi connectivity index (χ2v) is 4.75. The summed E-state index contributed by atoms with van der Waals surface area (Å²) in [6, 6.07) is 2.85. The standard InChI is InChI=1S/C12H14F3N/c1-11(4-6-12(14,15)7-5-11)10-9(13)3-2-8-16-10/h2-3,8H,4-7H2,1H3. The van der Waals surface area contributed by atoms with Crippen LogP contribution in [-0.2, 0) is 5.41 Å². The lowest BCUT2D eigenvalue weighted by Crippen LogP contribution is -2.35. The van der Waals surface area contributed by atoms with Gasteiger partial charge in [0.1, 0.15) is 5.82 Å². The highest BCUT2D eigenvalue weighted by Gasteiger charge is 2.43. The van der Waals surface area contributed by atoms with Gasteiger partial charge < -0.3 is 0 Å². The van der Waals surface area contributed by atoms with Crippen LogP contribution in [0.25, 0.3) is 0 Å². The maximum Gasteiger partial charge on any atom is 0.248 e. The summed E-state index contributed by atoms with van der Waals surface area (Å²) in [6.45, 7) is 1.81. The summed E-state index contributed by atoms with van der Waals surface area (Å²) in [7, 11) is 0. The molecule has 1 aromatic rings. The predicted molar refractivity (Wildman–Crippen MR) is 55.0 cm³/mol. The molecule has 0 unspecified atom stereocenters. The molecular weight excluding hydrogens is 215 g/mol. The number of nitrogens with zero attached hydrogens (tertiary/aromatic N) is 1. The fourth-order valence-corrected chi connectivity index (χ4v) is 2.23. The van der Waals surface area contributed by atoms with E-state index in [1.165, 1.54) is 18.3 Å². The first-order valence-corrected chi connectivity index (χ1v) is 5.42. The molecule has 0 aliphatic heterocycles. The van der Waals surface area contributed by atoms with Gasteiger partial charge in [-0.3, -0.25) is 4.98 Å². The molecule has 0 bridgehead atoms. The van der Waals surface area contributed by atoms with Gasteiger partial charge in [0.25, 0.3) is 0 Å². The fraction of sp³-hybridized carbons (Fsp3) is 0.583. The molecule has 2 rings (SSSR count). The van der Waals surface area contributed by atoms with Crippen LogP contribution in [0.3, 0.4) is 0 Å². The van der Waals surface area contributed by atoms with Gasteiger partial charge in [-0.1, -0.05) is 6.92 Å². The summed E-state index contributed by atoms with van der Waals surface area (Å²) in [6.07, 6.45) is 1.72. The van der Waals surface area contributed by atoms with Crippen LogP contribution in [0, 0.1) is 5.82 Å². The molecule has 0 atom stereocenters. The van der Waals surface area contributed by atoms with Crippen LogP contribution >= 0.6 is 0 Å². The second kappa shape index (κ2) is 3.75. The number of halogens is 3. The van der Waals surface area contributed by atoms with Crippen molar-refractivity contribution in [2.24, 2.45) is 0 Å². The Morgan fingerprint density at radius 1 is 1.19 bits per heavy atom. The summed E-state index contributed by atoms with van der Waals surface area (Å²) in [5, 5.41) is 0. The van der Waals surface area contributed by atoms with Crippen LogP contribution in [0.4, 0.5) is 13.2 Å². The van der Waals surface area contributed by atoms with Crippen molar-refractivity contribution in [2.45, 2.75) is 43.9 Å². The van der Waals surface area contributed by atoms with Crippen LogP contribution < -0.4 is 0 Å². The van der Waals surface area contributed by atoms with Crippen molar-refractivity contribution in [1.82, 2.24) is 4.98 Å². The molecule has 88 valence electrons. The molecule has 0 radical (unpaired) electrons. The zero-order valence-corrected chi connectivity index (χ0v) is 9.14. The molecule has 0 saturated heterocycles. The topological polar surface area (TPSA) is 12.9 Å². The summed E-state index contributed by atoms with van der Waals surface area (Å²) in [4.78, 5) is 4.00. The molecule has 4 heteroatoms. The first-order valence-electron chi connectivity index (χ1n) is 5.42. The third-order valence-corrected chi connectivity index (χ3v) is 3.42. The van der Waals surface area contributed by atoms with Crippen LogP contribution in [0.1, 0.15) is 38.3 Å². The van der Waals surface area contributed by atoms with Crippen LogP contribution in [-0.4, -0.2) is 10.9 Å². The quantitative estimate of drug-likeness (QED) is 0.715. The minimum absolute atomic E-state index is 0.181. The Kier molecular flexibility index (Phi) is 2.68. The Bertz CT molecular complexity index is 380. The zero-order chi connectivity index (χ0) is 11.8. The Morgan fingerprint density at radius 3 is 2.38 bits per heavy atom. The summed E-state index contributed by atoms with van der Waals surface area (Å²) in [5.74, 6) is -2.99. The SMILES string of the molecule is CC1(c2ncccc2F)CCC(F)(F)CC1. The molecule has 0 N–H and O–H groups in total. The van der Waals surface area contributed by atoms with E-state index < -0.39 is 17.2 Å².